The Labute approximate surface area is 88.5 Å². The van der Waals surface area contributed by atoms with E-state index in [0.29, 0.717) is 0 Å². The molecule has 0 aliphatic heterocycles. The van der Waals surface area contributed by atoms with Crippen molar-refractivity contribution >= 4 is 0 Å². The zero-order valence-corrected chi connectivity index (χ0v) is 9.41. The van der Waals surface area contributed by atoms with Crippen molar-refractivity contribution in [1.29, 1.82) is 0 Å². The Bertz CT molecular complexity index is 139. The van der Waals surface area contributed by atoms with Gasteiger partial charge in [0.05, 0.1) is 6.26 Å². The van der Waals surface area contributed by atoms with Crippen LogP contribution in [0.25, 0.3) is 0 Å². The quantitative estimate of drug-likeness (QED) is 0.390. The smallest absolute Gasteiger partial charge is 0.0751 e. The third-order valence-electron chi connectivity index (χ3n) is 2.24. The van der Waals surface area contributed by atoms with Gasteiger partial charge in [-0.15, -0.1) is 0 Å². The van der Waals surface area contributed by atoms with E-state index in [1.165, 1.54) is 44.9 Å². The first-order chi connectivity index (χ1) is 6.91. The Morgan fingerprint density at radius 3 is 2.14 bits per heavy atom. The third-order valence-corrected chi connectivity index (χ3v) is 2.24. The summed E-state index contributed by atoms with van der Waals surface area (Å²) in [6.45, 7) is 2.17. The largest absolute Gasteiger partial charge is 0.516 e. The minimum absolute atomic E-state index is 1.02. The maximum atomic E-state index is 8.19. The summed E-state index contributed by atoms with van der Waals surface area (Å²) in [7, 11) is 0. The van der Waals surface area contributed by atoms with Crippen molar-refractivity contribution in [2.24, 2.45) is 0 Å². The first-order valence-corrected chi connectivity index (χ1v) is 5.86. The monoisotopic (exact) mass is 196 g/mol. The molecule has 0 fully saturated rings. The van der Waals surface area contributed by atoms with Crippen molar-refractivity contribution in [3.63, 3.8) is 0 Å². The molecule has 0 heterocycles. The molecule has 1 N–H and O–H groups in total. The van der Waals surface area contributed by atoms with Gasteiger partial charge in [0, 0.05) is 0 Å². The average Bonchev–Trinajstić information content (AvgIpc) is 2.28. The van der Waals surface area contributed by atoms with Crippen LogP contribution in [0.2, 0.25) is 0 Å². The highest BCUT2D eigenvalue weighted by Crippen LogP contribution is 2.07. The fourth-order valence-electron chi connectivity index (χ4n) is 1.35. The molecule has 0 unspecified atom stereocenters. The molecule has 1 aliphatic carbocycles. The highest BCUT2D eigenvalue weighted by atomic mass is 16.2. The lowest BCUT2D eigenvalue weighted by atomic mass is 10.1. The Balaban J connectivity index is 0.000000249. The van der Waals surface area contributed by atoms with E-state index in [4.69, 9.17) is 5.11 Å². The molecule has 0 bridgehead atoms. The van der Waals surface area contributed by atoms with Gasteiger partial charge in [0.25, 0.3) is 0 Å². The third kappa shape index (κ3) is 11.3. The van der Waals surface area contributed by atoms with Crippen LogP contribution in [0, 0.1) is 0 Å². The SMILES string of the molecule is C1=CCCCC1.CCCCCC=CO. The predicted octanol–water partition coefficient (Wildman–Crippen LogP) is 4.76. The maximum absolute atomic E-state index is 8.19. The molecule has 0 spiro atoms. The van der Waals surface area contributed by atoms with E-state index in [-0.39, 0.29) is 0 Å². The molecular weight excluding hydrogens is 172 g/mol. The summed E-state index contributed by atoms with van der Waals surface area (Å²) in [4.78, 5) is 0. The standard InChI is InChI=1S/C7H14O.C6H10/c1-2-3-4-5-6-7-8;1-2-4-6-5-3-1/h6-8H,2-5H2,1H3;1-2H,3-6H2. The molecule has 0 amide bonds. The van der Waals surface area contributed by atoms with Crippen LogP contribution in [0.5, 0.6) is 0 Å². The molecule has 1 rings (SSSR count). The Kier molecular flexibility index (Phi) is 11.6. The minimum atomic E-state index is 1.02. The van der Waals surface area contributed by atoms with E-state index in [1.54, 1.807) is 6.08 Å². The van der Waals surface area contributed by atoms with Gasteiger partial charge in [-0.1, -0.05) is 38.0 Å². The van der Waals surface area contributed by atoms with Crippen LogP contribution in [0.15, 0.2) is 24.5 Å². The topological polar surface area (TPSA) is 20.2 Å². The summed E-state index contributed by atoms with van der Waals surface area (Å²) in [5.41, 5.74) is 0. The summed E-state index contributed by atoms with van der Waals surface area (Å²) in [5.74, 6) is 0. The van der Waals surface area contributed by atoms with Gasteiger partial charge in [0.2, 0.25) is 0 Å². The van der Waals surface area contributed by atoms with E-state index < -0.39 is 0 Å². The van der Waals surface area contributed by atoms with Gasteiger partial charge in [-0.2, -0.15) is 0 Å². The van der Waals surface area contributed by atoms with Crippen molar-refractivity contribution in [2.45, 2.75) is 58.3 Å². The summed E-state index contributed by atoms with van der Waals surface area (Å²) in [6.07, 6.45) is 17.6. The van der Waals surface area contributed by atoms with Crippen molar-refractivity contribution in [3.05, 3.63) is 24.5 Å². The van der Waals surface area contributed by atoms with E-state index in [2.05, 4.69) is 19.1 Å². The molecule has 82 valence electrons. The normalized spacial score (nSPS) is 15.2. The fourth-order valence-corrected chi connectivity index (χ4v) is 1.35. The van der Waals surface area contributed by atoms with Gasteiger partial charge < -0.3 is 5.11 Å². The first-order valence-electron chi connectivity index (χ1n) is 5.86. The summed E-state index contributed by atoms with van der Waals surface area (Å²) in [5, 5.41) is 8.19. The number of unbranched alkanes of at least 4 members (excludes halogenated alkanes) is 3. The molecule has 1 nitrogen and oxygen atoms in total. The second-order valence-electron chi connectivity index (χ2n) is 3.64. The molecule has 0 atom stereocenters. The van der Waals surface area contributed by atoms with Crippen LogP contribution in [0.4, 0.5) is 0 Å². The number of aliphatic hydroxyl groups excluding tert-OH is 1. The second kappa shape index (κ2) is 12.3. The van der Waals surface area contributed by atoms with Gasteiger partial charge >= 0.3 is 0 Å². The fraction of sp³-hybridized carbons (Fsp3) is 0.692. The minimum Gasteiger partial charge on any atom is -0.516 e. The number of hydrogen-bond acceptors (Lipinski definition) is 1. The Hall–Kier alpha value is -0.720. The van der Waals surface area contributed by atoms with Gasteiger partial charge in [0.15, 0.2) is 0 Å². The van der Waals surface area contributed by atoms with Crippen molar-refractivity contribution in [3.8, 4) is 0 Å². The number of rotatable bonds is 4. The maximum Gasteiger partial charge on any atom is 0.0751 e. The van der Waals surface area contributed by atoms with Crippen molar-refractivity contribution in [1.82, 2.24) is 0 Å². The first kappa shape index (κ1) is 13.3. The van der Waals surface area contributed by atoms with Gasteiger partial charge in [-0.25, -0.2) is 0 Å². The van der Waals surface area contributed by atoms with Gasteiger partial charge in [-0.3, -0.25) is 0 Å². The molecule has 14 heavy (non-hydrogen) atoms. The lowest BCUT2D eigenvalue weighted by molar-refractivity contribution is 0.470. The Morgan fingerprint density at radius 2 is 1.79 bits per heavy atom. The zero-order chi connectivity index (χ0) is 10.5. The van der Waals surface area contributed by atoms with E-state index in [1.807, 2.05) is 0 Å². The summed E-state index contributed by atoms with van der Waals surface area (Å²) < 4.78 is 0. The summed E-state index contributed by atoms with van der Waals surface area (Å²) >= 11 is 0. The highest BCUT2D eigenvalue weighted by Gasteiger charge is 1.87. The number of hydrogen-bond donors (Lipinski definition) is 1. The van der Waals surface area contributed by atoms with Gasteiger partial charge in [-0.05, 0) is 38.5 Å². The van der Waals surface area contributed by atoms with Crippen molar-refractivity contribution in [2.75, 3.05) is 0 Å². The predicted molar refractivity (Wildman–Crippen MR) is 63.5 cm³/mol. The van der Waals surface area contributed by atoms with Gasteiger partial charge in [0.1, 0.15) is 0 Å². The lowest BCUT2D eigenvalue weighted by Gasteiger charge is -1.97. The second-order valence-corrected chi connectivity index (χ2v) is 3.64. The zero-order valence-electron chi connectivity index (χ0n) is 9.41. The molecule has 0 radical (unpaired) electrons. The Morgan fingerprint density at radius 1 is 1.14 bits per heavy atom. The van der Waals surface area contributed by atoms with Crippen LogP contribution in [0.3, 0.4) is 0 Å². The lowest BCUT2D eigenvalue weighted by Crippen LogP contribution is -1.77. The molecule has 0 saturated heterocycles. The average molecular weight is 196 g/mol. The van der Waals surface area contributed by atoms with E-state index in [0.717, 1.165) is 12.7 Å². The molecule has 1 aliphatic rings. The molecular formula is C13H24O. The van der Waals surface area contributed by atoms with E-state index in [9.17, 15) is 0 Å². The number of aliphatic hydroxyl groups is 1. The highest BCUT2D eigenvalue weighted by molar-refractivity contribution is 4.85. The van der Waals surface area contributed by atoms with Crippen LogP contribution < -0.4 is 0 Å². The molecule has 0 aromatic carbocycles. The molecule has 0 aromatic rings. The molecule has 0 aromatic heterocycles. The number of allylic oxidation sites excluding steroid dienone is 3. The molecule has 0 saturated carbocycles. The van der Waals surface area contributed by atoms with E-state index >= 15 is 0 Å². The van der Waals surface area contributed by atoms with Crippen LogP contribution in [-0.2, 0) is 0 Å². The van der Waals surface area contributed by atoms with Crippen molar-refractivity contribution < 1.29 is 5.11 Å². The van der Waals surface area contributed by atoms with Crippen LogP contribution in [-0.4, -0.2) is 5.11 Å². The molecule has 1 heteroatoms. The van der Waals surface area contributed by atoms with Crippen LogP contribution >= 0.6 is 0 Å². The van der Waals surface area contributed by atoms with Crippen LogP contribution in [0.1, 0.15) is 58.3 Å². The summed E-state index contributed by atoms with van der Waals surface area (Å²) in [6, 6.07) is 0.